The highest BCUT2D eigenvalue weighted by Gasteiger charge is 2.18. The molecule has 0 amide bonds. The van der Waals surface area contributed by atoms with E-state index in [1.165, 1.54) is 5.56 Å². The maximum absolute atomic E-state index is 8.93. The van der Waals surface area contributed by atoms with Crippen LogP contribution in [0.1, 0.15) is 32.8 Å². The minimum Gasteiger partial charge on any atom is -0.423 e. The molecular weight excluding hydrogens is 175 g/mol. The van der Waals surface area contributed by atoms with Crippen molar-refractivity contribution < 1.29 is 10.0 Å². The van der Waals surface area contributed by atoms with Gasteiger partial charge in [-0.15, -0.1) is 0 Å². The lowest BCUT2D eigenvalue weighted by atomic mass is 9.76. The molecule has 0 aliphatic carbocycles. The number of benzene rings is 1. The molecule has 0 aliphatic heterocycles. The smallest absolute Gasteiger partial charge is 0.423 e. The molecule has 0 aliphatic rings. The molecule has 0 saturated heterocycles. The van der Waals surface area contributed by atoms with E-state index in [9.17, 15) is 0 Å². The number of hydrogen-bond donors (Lipinski definition) is 2. The van der Waals surface area contributed by atoms with Gasteiger partial charge in [-0.3, -0.25) is 0 Å². The van der Waals surface area contributed by atoms with Crippen molar-refractivity contribution in [1.29, 1.82) is 0 Å². The van der Waals surface area contributed by atoms with Crippen LogP contribution in [-0.2, 0) is 5.41 Å². The second-order valence-corrected chi connectivity index (χ2v) is 4.23. The van der Waals surface area contributed by atoms with Crippen LogP contribution < -0.4 is 5.46 Å². The second-order valence-electron chi connectivity index (χ2n) is 4.23. The fraction of sp³-hybridized carbons (Fsp3) is 0.455. The van der Waals surface area contributed by atoms with Crippen molar-refractivity contribution in [3.8, 4) is 0 Å². The van der Waals surface area contributed by atoms with Gasteiger partial charge in [0.1, 0.15) is 0 Å². The van der Waals surface area contributed by atoms with Crippen molar-refractivity contribution in [1.82, 2.24) is 0 Å². The summed E-state index contributed by atoms with van der Waals surface area (Å²) in [5.41, 5.74) is 1.92. The van der Waals surface area contributed by atoms with Gasteiger partial charge >= 0.3 is 7.12 Å². The van der Waals surface area contributed by atoms with E-state index < -0.39 is 7.12 Å². The van der Waals surface area contributed by atoms with E-state index in [0.717, 1.165) is 6.42 Å². The van der Waals surface area contributed by atoms with Crippen LogP contribution in [0.25, 0.3) is 0 Å². The summed E-state index contributed by atoms with van der Waals surface area (Å²) in [7, 11) is -1.37. The van der Waals surface area contributed by atoms with Crippen LogP contribution in [0.3, 0.4) is 0 Å². The van der Waals surface area contributed by atoms with Crippen LogP contribution in [0.15, 0.2) is 24.3 Å². The lowest BCUT2D eigenvalue weighted by molar-refractivity contribution is 0.425. The molecule has 1 aromatic rings. The van der Waals surface area contributed by atoms with Crippen molar-refractivity contribution in [2.75, 3.05) is 0 Å². The van der Waals surface area contributed by atoms with E-state index in [1.54, 1.807) is 12.1 Å². The molecule has 14 heavy (non-hydrogen) atoms. The van der Waals surface area contributed by atoms with Gasteiger partial charge < -0.3 is 10.0 Å². The Balaban J connectivity index is 2.94. The molecule has 0 fully saturated rings. The van der Waals surface area contributed by atoms with Crippen LogP contribution >= 0.6 is 0 Å². The first-order valence-corrected chi connectivity index (χ1v) is 4.94. The molecule has 1 aromatic carbocycles. The molecule has 0 radical (unpaired) electrons. The molecule has 0 unspecified atom stereocenters. The molecule has 0 aromatic heterocycles. The summed E-state index contributed by atoms with van der Waals surface area (Å²) in [6, 6.07) is 7.44. The molecule has 0 heterocycles. The summed E-state index contributed by atoms with van der Waals surface area (Å²) in [4.78, 5) is 0. The summed E-state index contributed by atoms with van der Waals surface area (Å²) in [5, 5.41) is 17.9. The van der Waals surface area contributed by atoms with E-state index >= 15 is 0 Å². The standard InChI is InChI=1S/C11H17BO2/c1-4-11(2,3)9-5-7-10(8-6-9)12(13)14/h5-8,13-14H,4H2,1-3H3. The first kappa shape index (κ1) is 11.3. The largest absolute Gasteiger partial charge is 0.488 e. The Labute approximate surface area is 85.7 Å². The third-order valence-corrected chi connectivity index (χ3v) is 2.87. The molecule has 1 rings (SSSR count). The van der Waals surface area contributed by atoms with Gasteiger partial charge in [0.25, 0.3) is 0 Å². The molecule has 0 saturated carbocycles. The van der Waals surface area contributed by atoms with Crippen molar-refractivity contribution >= 4 is 12.6 Å². The molecule has 0 atom stereocenters. The highest BCUT2D eigenvalue weighted by molar-refractivity contribution is 6.58. The highest BCUT2D eigenvalue weighted by atomic mass is 16.4. The van der Waals surface area contributed by atoms with E-state index in [4.69, 9.17) is 10.0 Å². The second kappa shape index (κ2) is 4.15. The molecule has 0 bridgehead atoms. The van der Waals surface area contributed by atoms with Crippen LogP contribution in [-0.4, -0.2) is 17.2 Å². The summed E-state index contributed by atoms with van der Waals surface area (Å²) in [6.45, 7) is 6.50. The van der Waals surface area contributed by atoms with Crippen LogP contribution in [0.4, 0.5) is 0 Å². The Morgan fingerprint density at radius 3 is 2.00 bits per heavy atom. The molecule has 2 N–H and O–H groups in total. The quantitative estimate of drug-likeness (QED) is 0.702. The fourth-order valence-electron chi connectivity index (χ4n) is 1.31. The number of hydrogen-bond acceptors (Lipinski definition) is 2. The van der Waals surface area contributed by atoms with Gasteiger partial charge in [-0.2, -0.15) is 0 Å². The van der Waals surface area contributed by atoms with E-state index in [2.05, 4.69) is 20.8 Å². The molecular formula is C11H17BO2. The third-order valence-electron chi connectivity index (χ3n) is 2.87. The molecule has 3 heteroatoms. The molecule has 0 spiro atoms. The van der Waals surface area contributed by atoms with Crippen molar-refractivity contribution in [2.24, 2.45) is 0 Å². The van der Waals surface area contributed by atoms with Gasteiger partial charge in [0.15, 0.2) is 0 Å². The van der Waals surface area contributed by atoms with Crippen molar-refractivity contribution in [2.45, 2.75) is 32.6 Å². The Kier molecular flexibility index (Phi) is 3.35. The minimum atomic E-state index is -1.37. The van der Waals surface area contributed by atoms with Gasteiger partial charge in [0.2, 0.25) is 0 Å². The van der Waals surface area contributed by atoms with Crippen molar-refractivity contribution in [3.05, 3.63) is 29.8 Å². The van der Waals surface area contributed by atoms with Gasteiger partial charge in [-0.25, -0.2) is 0 Å². The SMILES string of the molecule is CCC(C)(C)c1ccc(B(O)O)cc1. The van der Waals surface area contributed by atoms with Gasteiger partial charge in [-0.1, -0.05) is 45.0 Å². The lowest BCUT2D eigenvalue weighted by Gasteiger charge is -2.23. The van der Waals surface area contributed by atoms with Crippen LogP contribution in [0.2, 0.25) is 0 Å². The first-order valence-electron chi connectivity index (χ1n) is 4.94. The Morgan fingerprint density at radius 1 is 1.14 bits per heavy atom. The zero-order chi connectivity index (χ0) is 10.8. The average molecular weight is 192 g/mol. The summed E-state index contributed by atoms with van der Waals surface area (Å²) in [5.74, 6) is 0. The van der Waals surface area contributed by atoms with E-state index in [0.29, 0.717) is 5.46 Å². The topological polar surface area (TPSA) is 40.5 Å². The van der Waals surface area contributed by atoms with E-state index in [1.807, 2.05) is 12.1 Å². The Hall–Kier alpha value is -0.795. The fourth-order valence-corrected chi connectivity index (χ4v) is 1.31. The summed E-state index contributed by atoms with van der Waals surface area (Å²) < 4.78 is 0. The average Bonchev–Trinajstić information content (AvgIpc) is 2.18. The maximum atomic E-state index is 8.93. The predicted octanol–water partition coefficient (Wildman–Crippen LogP) is 1.05. The summed E-state index contributed by atoms with van der Waals surface area (Å²) >= 11 is 0. The molecule has 2 nitrogen and oxygen atoms in total. The molecule has 76 valence electrons. The number of rotatable bonds is 3. The maximum Gasteiger partial charge on any atom is 0.488 e. The minimum absolute atomic E-state index is 0.152. The normalized spacial score (nSPS) is 11.5. The van der Waals surface area contributed by atoms with E-state index in [-0.39, 0.29) is 5.41 Å². The van der Waals surface area contributed by atoms with Crippen LogP contribution in [0.5, 0.6) is 0 Å². The Bertz CT molecular complexity index is 291. The highest BCUT2D eigenvalue weighted by Crippen LogP contribution is 2.25. The van der Waals surface area contributed by atoms with Gasteiger partial charge in [0, 0.05) is 0 Å². The lowest BCUT2D eigenvalue weighted by Crippen LogP contribution is -2.30. The van der Waals surface area contributed by atoms with Gasteiger partial charge in [-0.05, 0) is 22.9 Å². The zero-order valence-electron chi connectivity index (χ0n) is 8.99. The summed E-state index contributed by atoms with van der Waals surface area (Å²) in [6.07, 6.45) is 1.06. The van der Waals surface area contributed by atoms with Crippen LogP contribution in [0, 0.1) is 0 Å². The third kappa shape index (κ3) is 2.37. The Morgan fingerprint density at radius 2 is 1.64 bits per heavy atom. The monoisotopic (exact) mass is 192 g/mol. The first-order chi connectivity index (χ1) is 6.47. The predicted molar refractivity (Wildman–Crippen MR) is 59.6 cm³/mol. The van der Waals surface area contributed by atoms with Crippen molar-refractivity contribution in [3.63, 3.8) is 0 Å². The zero-order valence-corrected chi connectivity index (χ0v) is 8.99. The van der Waals surface area contributed by atoms with Gasteiger partial charge in [0.05, 0.1) is 0 Å².